The number of hydrogen-bond donors (Lipinski definition) is 0. The molecule has 2 aromatic rings. The molecule has 2 aromatic carbocycles. The van der Waals surface area contributed by atoms with E-state index in [2.05, 4.69) is 6.07 Å². The number of nitrogens with zero attached hydrogens (tertiary/aromatic N) is 3. The van der Waals surface area contributed by atoms with Gasteiger partial charge in [0.15, 0.2) is 0 Å². The van der Waals surface area contributed by atoms with Gasteiger partial charge in [0.05, 0.1) is 9.82 Å². The first-order valence-corrected chi connectivity index (χ1v) is 12.0. The molecule has 1 aliphatic rings. The lowest BCUT2D eigenvalue weighted by Crippen LogP contribution is -2.43. The van der Waals surface area contributed by atoms with E-state index in [9.17, 15) is 23.3 Å². The number of aryl methyl sites for hydroxylation is 3. The quantitative estimate of drug-likeness (QED) is 0.485. The van der Waals surface area contributed by atoms with Gasteiger partial charge in [0.1, 0.15) is 0 Å². The fraction of sp³-hybridized carbons (Fsp3) is 0.435. The second-order valence-corrected chi connectivity index (χ2v) is 10.4. The van der Waals surface area contributed by atoms with E-state index in [4.69, 9.17) is 0 Å². The molecular weight excluding hydrogens is 430 g/mol. The van der Waals surface area contributed by atoms with Crippen molar-refractivity contribution in [3.63, 3.8) is 0 Å². The Kier molecular flexibility index (Phi) is 7.00. The molecule has 172 valence electrons. The van der Waals surface area contributed by atoms with Crippen LogP contribution in [0.25, 0.3) is 0 Å². The Bertz CT molecular complexity index is 1140. The molecule has 0 atom stereocenters. The summed E-state index contributed by atoms with van der Waals surface area (Å²) in [6.45, 7) is 6.60. The predicted octanol–water partition coefficient (Wildman–Crippen LogP) is 3.58. The first-order valence-electron chi connectivity index (χ1n) is 10.6. The molecule has 1 amide bonds. The van der Waals surface area contributed by atoms with Gasteiger partial charge in [-0.05, 0) is 50.3 Å². The highest BCUT2D eigenvalue weighted by molar-refractivity contribution is 7.89. The van der Waals surface area contributed by atoms with Crippen LogP contribution in [0.1, 0.15) is 35.1 Å². The number of non-ortho nitro benzene ring substituents is 1. The molecule has 8 nitrogen and oxygen atoms in total. The minimum atomic E-state index is -3.87. The first-order chi connectivity index (χ1) is 15.0. The topological polar surface area (TPSA) is 101 Å². The molecule has 3 rings (SSSR count). The van der Waals surface area contributed by atoms with Gasteiger partial charge < -0.3 is 4.90 Å². The lowest BCUT2D eigenvalue weighted by Gasteiger charge is -2.33. The molecule has 0 saturated carbocycles. The zero-order valence-corrected chi connectivity index (χ0v) is 19.7. The van der Waals surface area contributed by atoms with Gasteiger partial charge in [-0.2, -0.15) is 4.31 Å². The summed E-state index contributed by atoms with van der Waals surface area (Å²) in [6, 6.07) is 10.0. The fourth-order valence-corrected chi connectivity index (χ4v) is 5.85. The van der Waals surface area contributed by atoms with Crippen molar-refractivity contribution in [1.82, 2.24) is 9.21 Å². The second kappa shape index (κ2) is 9.38. The van der Waals surface area contributed by atoms with Gasteiger partial charge >= 0.3 is 0 Å². The van der Waals surface area contributed by atoms with Crippen LogP contribution in [0.2, 0.25) is 0 Å². The zero-order valence-electron chi connectivity index (χ0n) is 18.9. The molecular formula is C23H29N3O5S. The molecule has 1 saturated heterocycles. The normalized spacial score (nSPS) is 15.5. The van der Waals surface area contributed by atoms with Crippen LogP contribution in [-0.4, -0.2) is 48.6 Å². The molecule has 32 heavy (non-hydrogen) atoms. The summed E-state index contributed by atoms with van der Waals surface area (Å²) in [5, 5.41) is 11.1. The second-order valence-electron chi connectivity index (χ2n) is 8.51. The standard InChI is InChI=1S/C23H29N3O5S/c1-16-5-7-20(18(3)13-16)15-24(4)23(27)19-9-11-25(12-10-19)32(30,31)22-14-21(26(28)29)8-6-17(22)2/h5-8,13-14,19H,9-12,15H2,1-4H3. The minimum absolute atomic E-state index is 0.00792. The first kappa shape index (κ1) is 23.9. The van der Waals surface area contributed by atoms with Gasteiger partial charge in [0.2, 0.25) is 15.9 Å². The van der Waals surface area contributed by atoms with E-state index < -0.39 is 14.9 Å². The van der Waals surface area contributed by atoms with Crippen molar-refractivity contribution in [2.24, 2.45) is 5.92 Å². The number of benzene rings is 2. The number of carbonyl (C=O) groups is 1. The summed E-state index contributed by atoms with van der Waals surface area (Å²) in [7, 11) is -2.10. The molecule has 0 bridgehead atoms. The van der Waals surface area contributed by atoms with Crippen LogP contribution in [0.5, 0.6) is 0 Å². The van der Waals surface area contributed by atoms with Crippen molar-refractivity contribution in [3.05, 3.63) is 68.8 Å². The Labute approximate surface area is 189 Å². The third-order valence-corrected chi connectivity index (χ3v) is 8.13. The molecule has 0 N–H and O–H groups in total. The van der Waals surface area contributed by atoms with E-state index in [1.807, 2.05) is 26.0 Å². The molecule has 1 aliphatic heterocycles. The van der Waals surface area contributed by atoms with E-state index in [0.29, 0.717) is 24.9 Å². The average Bonchev–Trinajstić information content (AvgIpc) is 2.75. The lowest BCUT2D eigenvalue weighted by atomic mass is 9.96. The van der Waals surface area contributed by atoms with E-state index >= 15 is 0 Å². The lowest BCUT2D eigenvalue weighted by molar-refractivity contribution is -0.385. The smallest absolute Gasteiger partial charge is 0.270 e. The van der Waals surface area contributed by atoms with Gasteiger partial charge in [0, 0.05) is 44.7 Å². The van der Waals surface area contributed by atoms with Crippen LogP contribution in [0.4, 0.5) is 5.69 Å². The monoisotopic (exact) mass is 459 g/mol. The summed E-state index contributed by atoms with van der Waals surface area (Å²) in [5.41, 5.74) is 3.60. The number of amides is 1. The van der Waals surface area contributed by atoms with Crippen LogP contribution in [-0.2, 0) is 21.4 Å². The van der Waals surface area contributed by atoms with E-state index in [-0.39, 0.29) is 35.5 Å². The largest absolute Gasteiger partial charge is 0.341 e. The Morgan fingerprint density at radius 2 is 1.75 bits per heavy atom. The highest BCUT2D eigenvalue weighted by Crippen LogP contribution is 2.29. The highest BCUT2D eigenvalue weighted by atomic mass is 32.2. The van der Waals surface area contributed by atoms with E-state index in [0.717, 1.165) is 17.2 Å². The summed E-state index contributed by atoms with van der Waals surface area (Å²) >= 11 is 0. The third-order valence-electron chi connectivity index (χ3n) is 6.09. The average molecular weight is 460 g/mol. The van der Waals surface area contributed by atoms with Crippen LogP contribution >= 0.6 is 0 Å². The molecule has 0 aliphatic carbocycles. The number of hydrogen-bond acceptors (Lipinski definition) is 5. The maximum atomic E-state index is 13.1. The molecule has 0 aromatic heterocycles. The SMILES string of the molecule is Cc1ccc(CN(C)C(=O)C2CCN(S(=O)(=O)c3cc([N+](=O)[O-])ccc3C)CC2)c(C)c1. The Morgan fingerprint density at radius 1 is 1.09 bits per heavy atom. The fourth-order valence-electron chi connectivity index (χ4n) is 4.13. The number of rotatable bonds is 6. The summed E-state index contributed by atoms with van der Waals surface area (Å²) in [6.07, 6.45) is 0.840. The molecule has 0 radical (unpaired) electrons. The number of carbonyl (C=O) groups excluding carboxylic acids is 1. The van der Waals surface area contributed by atoms with Crippen LogP contribution in [0.3, 0.4) is 0 Å². The molecule has 1 heterocycles. The molecule has 0 unspecified atom stereocenters. The third kappa shape index (κ3) is 4.99. The van der Waals surface area contributed by atoms with Crippen molar-refractivity contribution in [3.8, 4) is 0 Å². The Morgan fingerprint density at radius 3 is 2.34 bits per heavy atom. The van der Waals surface area contributed by atoms with Crippen molar-refractivity contribution < 1.29 is 18.1 Å². The summed E-state index contributed by atoms with van der Waals surface area (Å²) in [5.74, 6) is -0.239. The highest BCUT2D eigenvalue weighted by Gasteiger charge is 2.34. The maximum absolute atomic E-state index is 13.1. The van der Waals surface area contributed by atoms with Gasteiger partial charge in [-0.1, -0.05) is 29.8 Å². The van der Waals surface area contributed by atoms with Crippen molar-refractivity contribution in [2.75, 3.05) is 20.1 Å². The van der Waals surface area contributed by atoms with Gasteiger partial charge in [-0.25, -0.2) is 8.42 Å². The van der Waals surface area contributed by atoms with E-state index in [1.165, 1.54) is 22.0 Å². The summed E-state index contributed by atoms with van der Waals surface area (Å²) < 4.78 is 27.5. The van der Waals surface area contributed by atoms with Crippen molar-refractivity contribution >= 4 is 21.6 Å². The van der Waals surface area contributed by atoms with Crippen molar-refractivity contribution in [2.45, 2.75) is 45.1 Å². The molecule has 1 fully saturated rings. The number of nitro benzene ring substituents is 1. The zero-order chi connectivity index (χ0) is 23.6. The van der Waals surface area contributed by atoms with Crippen LogP contribution in [0, 0.1) is 36.8 Å². The van der Waals surface area contributed by atoms with Gasteiger partial charge in [0.25, 0.3) is 5.69 Å². The minimum Gasteiger partial charge on any atom is -0.341 e. The number of nitro groups is 1. The molecule has 9 heteroatoms. The predicted molar refractivity (Wildman–Crippen MR) is 122 cm³/mol. The number of piperidine rings is 1. The Balaban J connectivity index is 1.67. The van der Waals surface area contributed by atoms with Gasteiger partial charge in [-0.3, -0.25) is 14.9 Å². The number of sulfonamides is 1. The Hall–Kier alpha value is -2.78. The summed E-state index contributed by atoms with van der Waals surface area (Å²) in [4.78, 5) is 25.1. The van der Waals surface area contributed by atoms with Crippen molar-refractivity contribution in [1.29, 1.82) is 0 Å². The van der Waals surface area contributed by atoms with Gasteiger partial charge in [-0.15, -0.1) is 0 Å². The van der Waals surface area contributed by atoms with Crippen LogP contribution in [0.15, 0.2) is 41.3 Å². The van der Waals surface area contributed by atoms with E-state index in [1.54, 1.807) is 18.9 Å². The molecule has 0 spiro atoms. The van der Waals surface area contributed by atoms with Crippen LogP contribution < -0.4 is 0 Å². The maximum Gasteiger partial charge on any atom is 0.270 e.